The van der Waals surface area contributed by atoms with Gasteiger partial charge < -0.3 is 5.11 Å². The van der Waals surface area contributed by atoms with Crippen LogP contribution in [0, 0.1) is 31.5 Å². The van der Waals surface area contributed by atoms with E-state index < -0.39 is 0 Å². The first-order valence-electron chi connectivity index (χ1n) is 10.6. The van der Waals surface area contributed by atoms with E-state index in [4.69, 9.17) is 5.10 Å². The Bertz CT molecular complexity index is 972. The van der Waals surface area contributed by atoms with E-state index >= 15 is 0 Å². The van der Waals surface area contributed by atoms with Crippen LogP contribution in [0.5, 0.6) is 0 Å². The molecule has 1 aliphatic carbocycles. The molecule has 29 heavy (non-hydrogen) atoms. The monoisotopic (exact) mass is 392 g/mol. The van der Waals surface area contributed by atoms with Crippen LogP contribution >= 0.6 is 0 Å². The average molecular weight is 393 g/mol. The molecule has 0 atom stereocenters. The highest BCUT2D eigenvalue weighted by molar-refractivity contribution is 5.83. The summed E-state index contributed by atoms with van der Waals surface area (Å²) in [7, 11) is 0. The molecule has 1 saturated carbocycles. The fourth-order valence-corrected chi connectivity index (χ4v) is 4.52. The number of benzene rings is 2. The van der Waals surface area contributed by atoms with Crippen molar-refractivity contribution in [3.63, 3.8) is 0 Å². The maximum atomic E-state index is 14.8. The van der Waals surface area contributed by atoms with E-state index in [0.29, 0.717) is 24.0 Å². The fraction of sp³-hybridized carbons (Fsp3) is 0.400. The highest BCUT2D eigenvalue weighted by Gasteiger charge is 2.25. The summed E-state index contributed by atoms with van der Waals surface area (Å²) >= 11 is 0. The van der Waals surface area contributed by atoms with Crippen LogP contribution in [0.25, 0.3) is 22.4 Å². The van der Waals surface area contributed by atoms with Gasteiger partial charge in [0.05, 0.1) is 0 Å². The zero-order valence-corrected chi connectivity index (χ0v) is 17.2. The van der Waals surface area contributed by atoms with Crippen LogP contribution in [0.15, 0.2) is 48.5 Å². The van der Waals surface area contributed by atoms with Gasteiger partial charge in [-0.05, 0) is 74.6 Å². The molecule has 1 aliphatic rings. The molecule has 1 fully saturated rings. The number of aliphatic hydroxyl groups excluding tert-OH is 1. The van der Waals surface area contributed by atoms with E-state index in [0.717, 1.165) is 60.3 Å². The van der Waals surface area contributed by atoms with Crippen LogP contribution in [0.3, 0.4) is 0 Å². The van der Waals surface area contributed by atoms with Crippen molar-refractivity contribution < 1.29 is 9.50 Å². The Balaban J connectivity index is 1.73. The van der Waals surface area contributed by atoms with Gasteiger partial charge in [0.25, 0.3) is 0 Å². The SMILES string of the molecule is Cc1ccc(-c2nn(CC3CCC(CO)CC3)c(C)c2-c2ccccc2)c(F)c1. The second-order valence-electron chi connectivity index (χ2n) is 8.41. The number of rotatable bonds is 5. The third-order valence-electron chi connectivity index (χ3n) is 6.30. The van der Waals surface area contributed by atoms with Gasteiger partial charge in [-0.25, -0.2) is 4.39 Å². The molecule has 1 heterocycles. The average Bonchev–Trinajstić information content (AvgIpc) is 3.05. The highest BCUT2D eigenvalue weighted by atomic mass is 19.1. The van der Waals surface area contributed by atoms with E-state index in [1.807, 2.05) is 37.3 Å². The predicted octanol–water partition coefficient (Wildman–Crippen LogP) is 5.77. The summed E-state index contributed by atoms with van der Waals surface area (Å²) in [4.78, 5) is 0. The molecule has 3 nitrogen and oxygen atoms in total. The van der Waals surface area contributed by atoms with Gasteiger partial charge in [0.1, 0.15) is 11.5 Å². The number of nitrogens with zero attached hydrogens (tertiary/aromatic N) is 2. The van der Waals surface area contributed by atoms with E-state index in [1.54, 1.807) is 6.07 Å². The van der Waals surface area contributed by atoms with Crippen molar-refractivity contribution in [2.75, 3.05) is 6.61 Å². The Kier molecular flexibility index (Phi) is 5.81. The first-order valence-corrected chi connectivity index (χ1v) is 10.6. The Hall–Kier alpha value is -2.46. The van der Waals surface area contributed by atoms with Gasteiger partial charge in [0.15, 0.2) is 0 Å². The van der Waals surface area contributed by atoms with E-state index in [1.165, 1.54) is 0 Å². The lowest BCUT2D eigenvalue weighted by Gasteiger charge is -2.27. The van der Waals surface area contributed by atoms with Crippen molar-refractivity contribution in [1.82, 2.24) is 9.78 Å². The Morgan fingerprint density at radius 1 is 1.00 bits per heavy atom. The van der Waals surface area contributed by atoms with Gasteiger partial charge in [-0.15, -0.1) is 0 Å². The molecule has 4 rings (SSSR count). The number of hydrogen-bond donors (Lipinski definition) is 1. The lowest BCUT2D eigenvalue weighted by atomic mass is 9.82. The number of aliphatic hydroxyl groups is 1. The molecular formula is C25H29FN2O. The summed E-state index contributed by atoms with van der Waals surface area (Å²) < 4.78 is 16.9. The van der Waals surface area contributed by atoms with Crippen LogP contribution in [0.4, 0.5) is 4.39 Å². The van der Waals surface area contributed by atoms with Crippen molar-refractivity contribution in [2.24, 2.45) is 11.8 Å². The standard InChI is InChI=1S/C25H29FN2O/c1-17-8-13-22(23(26)14-17)25-24(21-6-4-3-5-7-21)18(2)28(27-25)15-19-9-11-20(16-29)12-10-19/h3-8,13-14,19-20,29H,9-12,15-16H2,1-2H3. The quantitative estimate of drug-likeness (QED) is 0.598. The molecule has 0 amide bonds. The fourth-order valence-electron chi connectivity index (χ4n) is 4.52. The Morgan fingerprint density at radius 2 is 1.69 bits per heavy atom. The summed E-state index contributed by atoms with van der Waals surface area (Å²) in [5.74, 6) is 0.771. The molecule has 152 valence electrons. The van der Waals surface area contributed by atoms with Gasteiger partial charge in [-0.3, -0.25) is 4.68 Å². The van der Waals surface area contributed by atoms with Crippen LogP contribution in [-0.4, -0.2) is 21.5 Å². The molecule has 0 bridgehead atoms. The lowest BCUT2D eigenvalue weighted by Crippen LogP contribution is -2.21. The van der Waals surface area contributed by atoms with Crippen molar-refractivity contribution in [2.45, 2.75) is 46.1 Å². The molecule has 3 aromatic rings. The van der Waals surface area contributed by atoms with Gasteiger partial charge in [0.2, 0.25) is 0 Å². The maximum absolute atomic E-state index is 14.8. The summed E-state index contributed by atoms with van der Waals surface area (Å²) in [5, 5.41) is 14.3. The lowest BCUT2D eigenvalue weighted by molar-refractivity contribution is 0.159. The molecule has 0 aliphatic heterocycles. The minimum atomic E-state index is -0.227. The van der Waals surface area contributed by atoms with Crippen molar-refractivity contribution in [1.29, 1.82) is 0 Å². The first kappa shape index (κ1) is 19.8. The minimum Gasteiger partial charge on any atom is -0.396 e. The Labute approximate surface area is 172 Å². The third kappa shape index (κ3) is 4.13. The highest BCUT2D eigenvalue weighted by Crippen LogP contribution is 2.37. The van der Waals surface area contributed by atoms with Crippen molar-refractivity contribution in [3.8, 4) is 22.4 Å². The van der Waals surface area contributed by atoms with Gasteiger partial charge in [-0.1, -0.05) is 36.4 Å². The van der Waals surface area contributed by atoms with E-state index in [9.17, 15) is 9.50 Å². The van der Waals surface area contributed by atoms with Crippen LogP contribution in [-0.2, 0) is 6.54 Å². The zero-order chi connectivity index (χ0) is 20.4. The summed E-state index contributed by atoms with van der Waals surface area (Å²) in [6.07, 6.45) is 4.37. The summed E-state index contributed by atoms with van der Waals surface area (Å²) in [5.41, 5.74) is 5.34. The number of aryl methyl sites for hydroxylation is 1. The zero-order valence-electron chi connectivity index (χ0n) is 17.2. The van der Waals surface area contributed by atoms with Gasteiger partial charge in [0, 0.05) is 30.0 Å². The topological polar surface area (TPSA) is 38.0 Å². The van der Waals surface area contributed by atoms with E-state index in [-0.39, 0.29) is 5.82 Å². The van der Waals surface area contributed by atoms with E-state index in [2.05, 4.69) is 23.7 Å². The second kappa shape index (κ2) is 8.50. The predicted molar refractivity (Wildman–Crippen MR) is 115 cm³/mol. The normalized spacial score (nSPS) is 19.4. The second-order valence-corrected chi connectivity index (χ2v) is 8.41. The third-order valence-corrected chi connectivity index (χ3v) is 6.30. The Morgan fingerprint density at radius 3 is 2.34 bits per heavy atom. The molecule has 0 unspecified atom stereocenters. The molecular weight excluding hydrogens is 363 g/mol. The first-order chi connectivity index (χ1) is 14.1. The molecule has 2 aromatic carbocycles. The summed E-state index contributed by atoms with van der Waals surface area (Å²) in [6, 6.07) is 15.5. The largest absolute Gasteiger partial charge is 0.396 e. The maximum Gasteiger partial charge on any atom is 0.132 e. The van der Waals surface area contributed by atoms with Crippen LogP contribution in [0.1, 0.15) is 36.9 Å². The van der Waals surface area contributed by atoms with Crippen LogP contribution < -0.4 is 0 Å². The van der Waals surface area contributed by atoms with Gasteiger partial charge in [-0.2, -0.15) is 5.10 Å². The van der Waals surface area contributed by atoms with Crippen molar-refractivity contribution >= 4 is 0 Å². The number of halogens is 1. The molecule has 1 aromatic heterocycles. The van der Waals surface area contributed by atoms with Gasteiger partial charge >= 0.3 is 0 Å². The number of hydrogen-bond acceptors (Lipinski definition) is 2. The molecule has 0 spiro atoms. The smallest absolute Gasteiger partial charge is 0.132 e. The summed E-state index contributed by atoms with van der Waals surface area (Å²) in [6.45, 7) is 5.13. The van der Waals surface area contributed by atoms with Crippen LogP contribution in [0.2, 0.25) is 0 Å². The molecule has 0 radical (unpaired) electrons. The molecule has 1 N–H and O–H groups in total. The molecule has 4 heteroatoms. The molecule has 0 saturated heterocycles. The van der Waals surface area contributed by atoms with Crippen molar-refractivity contribution in [3.05, 3.63) is 65.6 Å². The number of aromatic nitrogens is 2. The minimum absolute atomic E-state index is 0.227.